The number of hydrogen-bond donors (Lipinski definition) is 0. The van der Waals surface area contributed by atoms with Gasteiger partial charge in [-0.15, -0.1) is 0 Å². The summed E-state index contributed by atoms with van der Waals surface area (Å²) in [6.45, 7) is 0. The molecule has 0 aliphatic rings. The van der Waals surface area contributed by atoms with Gasteiger partial charge in [-0.05, 0) is 12.1 Å². The molecule has 0 aromatic carbocycles. The number of halogens is 4. The lowest BCUT2D eigenvalue weighted by molar-refractivity contribution is -0.153. The summed E-state index contributed by atoms with van der Waals surface area (Å²) >= 11 is 1.93. The minimum atomic E-state index is -4.36. The van der Waals surface area contributed by atoms with Crippen LogP contribution in [0.25, 0.3) is 0 Å². The lowest BCUT2D eigenvalue weighted by Gasteiger charge is -1.99. The average Bonchev–Trinajstić information content (AvgIpc) is 2.32. The molecule has 1 nitrogen and oxygen atoms in total. The summed E-state index contributed by atoms with van der Waals surface area (Å²) in [5.41, 5.74) is 0. The molecule has 0 spiro atoms. The van der Waals surface area contributed by atoms with Gasteiger partial charge in [0, 0.05) is 0 Å². The van der Waals surface area contributed by atoms with Gasteiger partial charge in [0.25, 0.3) is 0 Å². The van der Waals surface area contributed by atoms with E-state index in [0.29, 0.717) is 10.2 Å². The minimum absolute atomic E-state index is 0.345. The van der Waals surface area contributed by atoms with Crippen molar-refractivity contribution in [2.45, 2.75) is 10.6 Å². The van der Waals surface area contributed by atoms with E-state index in [-0.39, 0.29) is 0 Å². The van der Waals surface area contributed by atoms with Crippen molar-refractivity contribution in [1.82, 2.24) is 0 Å². The molecule has 0 saturated heterocycles. The fourth-order valence-corrected chi connectivity index (χ4v) is 1.01. The first-order valence-corrected chi connectivity index (χ1v) is 4.28. The Morgan fingerprint density at radius 2 is 2.00 bits per heavy atom. The van der Waals surface area contributed by atoms with Crippen molar-refractivity contribution in [3.05, 3.63) is 23.7 Å². The maximum Gasteiger partial charge on any atom is 0.449 e. The highest BCUT2D eigenvalue weighted by Gasteiger charge is 2.34. The third-order valence-electron chi connectivity index (χ3n) is 1.07. The molecule has 1 aromatic heterocycles. The predicted molar refractivity (Wildman–Crippen MR) is 41.4 cm³/mol. The number of furan rings is 1. The molecule has 0 atom stereocenters. The van der Waals surface area contributed by atoms with Gasteiger partial charge in [0.1, 0.15) is 5.76 Å². The first-order valence-electron chi connectivity index (χ1n) is 2.76. The molecule has 0 aliphatic heterocycles. The molecule has 1 heterocycles. The lowest BCUT2D eigenvalue weighted by atomic mass is 10.4. The van der Waals surface area contributed by atoms with Crippen LogP contribution in [0.15, 0.2) is 16.5 Å². The quantitative estimate of drug-likeness (QED) is 0.567. The fraction of sp³-hybridized carbons (Fsp3) is 0.333. The second-order valence-electron chi connectivity index (χ2n) is 1.90. The molecule has 0 unspecified atom stereocenters. The van der Waals surface area contributed by atoms with Crippen LogP contribution >= 0.6 is 22.6 Å². The molecular weight excluding hydrogens is 272 g/mol. The maximum absolute atomic E-state index is 11.8. The highest BCUT2D eigenvalue weighted by atomic mass is 127. The molecule has 62 valence electrons. The Bertz CT molecular complexity index is 240. The SMILES string of the molecule is FC(F)(F)c1ccc(CI)o1. The van der Waals surface area contributed by atoms with Gasteiger partial charge < -0.3 is 4.42 Å². The van der Waals surface area contributed by atoms with Crippen LogP contribution in [0.1, 0.15) is 11.5 Å². The third kappa shape index (κ3) is 2.11. The first kappa shape index (κ1) is 8.89. The number of alkyl halides is 4. The van der Waals surface area contributed by atoms with Gasteiger partial charge in [-0.3, -0.25) is 0 Å². The molecule has 0 N–H and O–H groups in total. The molecular formula is C6H4F3IO. The van der Waals surface area contributed by atoms with Crippen molar-refractivity contribution < 1.29 is 17.6 Å². The maximum atomic E-state index is 11.8. The van der Waals surface area contributed by atoms with E-state index in [9.17, 15) is 13.2 Å². The lowest BCUT2D eigenvalue weighted by Crippen LogP contribution is -2.01. The molecule has 0 radical (unpaired) electrons. The molecule has 11 heavy (non-hydrogen) atoms. The normalized spacial score (nSPS) is 12.0. The van der Waals surface area contributed by atoms with E-state index in [4.69, 9.17) is 0 Å². The van der Waals surface area contributed by atoms with Crippen LogP contribution in [0.5, 0.6) is 0 Å². The highest BCUT2D eigenvalue weighted by molar-refractivity contribution is 14.1. The first-order chi connectivity index (χ1) is 5.04. The van der Waals surface area contributed by atoms with E-state index in [2.05, 4.69) is 4.42 Å². The van der Waals surface area contributed by atoms with E-state index < -0.39 is 11.9 Å². The van der Waals surface area contributed by atoms with Crippen LogP contribution in [0.3, 0.4) is 0 Å². The Morgan fingerprint density at radius 1 is 1.36 bits per heavy atom. The van der Waals surface area contributed by atoms with Gasteiger partial charge >= 0.3 is 6.18 Å². The van der Waals surface area contributed by atoms with Crippen molar-refractivity contribution >= 4 is 22.6 Å². The molecule has 0 bridgehead atoms. The van der Waals surface area contributed by atoms with E-state index in [1.165, 1.54) is 6.07 Å². The average molecular weight is 276 g/mol. The number of rotatable bonds is 1. The zero-order valence-corrected chi connectivity index (χ0v) is 7.44. The topological polar surface area (TPSA) is 13.1 Å². The molecule has 5 heteroatoms. The van der Waals surface area contributed by atoms with E-state index in [0.717, 1.165) is 6.07 Å². The van der Waals surface area contributed by atoms with Crippen LogP contribution in [0.4, 0.5) is 13.2 Å². The summed E-state index contributed by atoms with van der Waals surface area (Å²) < 4.78 is 40.4. The summed E-state index contributed by atoms with van der Waals surface area (Å²) in [5, 5.41) is 0. The molecule has 0 saturated carbocycles. The summed E-state index contributed by atoms with van der Waals surface area (Å²) in [6, 6.07) is 2.27. The molecule has 1 aromatic rings. The van der Waals surface area contributed by atoms with Crippen molar-refractivity contribution in [2.24, 2.45) is 0 Å². The molecule has 0 amide bonds. The van der Waals surface area contributed by atoms with Crippen molar-refractivity contribution in [1.29, 1.82) is 0 Å². The van der Waals surface area contributed by atoms with Gasteiger partial charge in [0.2, 0.25) is 5.76 Å². The van der Waals surface area contributed by atoms with Crippen LogP contribution < -0.4 is 0 Å². The molecule has 0 fully saturated rings. The zero-order chi connectivity index (χ0) is 8.48. The Hall–Kier alpha value is -0.200. The van der Waals surface area contributed by atoms with Crippen molar-refractivity contribution in [2.75, 3.05) is 0 Å². The summed E-state index contributed by atoms with van der Waals surface area (Å²) in [7, 11) is 0. The second kappa shape index (κ2) is 3.04. The number of hydrogen-bond acceptors (Lipinski definition) is 1. The Morgan fingerprint density at radius 3 is 2.27 bits per heavy atom. The highest BCUT2D eigenvalue weighted by Crippen LogP contribution is 2.30. The smallest absolute Gasteiger partial charge is 0.449 e. The third-order valence-corrected chi connectivity index (χ3v) is 1.82. The largest absolute Gasteiger partial charge is 0.456 e. The van der Waals surface area contributed by atoms with Crippen LogP contribution in [0, 0.1) is 0 Å². The predicted octanol–water partition coefficient (Wildman–Crippen LogP) is 3.23. The van der Waals surface area contributed by atoms with Crippen molar-refractivity contribution in [3.63, 3.8) is 0 Å². The monoisotopic (exact) mass is 276 g/mol. The van der Waals surface area contributed by atoms with Crippen LogP contribution in [-0.4, -0.2) is 0 Å². The minimum Gasteiger partial charge on any atom is -0.456 e. The standard InChI is InChI=1S/C6H4F3IO/c7-6(8,9)5-2-1-4(3-10)11-5/h1-2H,3H2. The van der Waals surface area contributed by atoms with Gasteiger partial charge in [-0.25, -0.2) is 0 Å². The van der Waals surface area contributed by atoms with E-state index >= 15 is 0 Å². The Labute approximate surface area is 74.7 Å². The molecule has 1 rings (SSSR count). The summed E-state index contributed by atoms with van der Waals surface area (Å²) in [4.78, 5) is 0. The van der Waals surface area contributed by atoms with Crippen molar-refractivity contribution in [3.8, 4) is 0 Å². The van der Waals surface area contributed by atoms with Gasteiger partial charge in [0.15, 0.2) is 0 Å². The van der Waals surface area contributed by atoms with Gasteiger partial charge in [-0.2, -0.15) is 13.2 Å². The summed E-state index contributed by atoms with van der Waals surface area (Å²) in [5.74, 6) is -0.581. The zero-order valence-electron chi connectivity index (χ0n) is 5.28. The van der Waals surface area contributed by atoms with Gasteiger partial charge in [0.05, 0.1) is 4.43 Å². The Kier molecular flexibility index (Phi) is 2.46. The fourth-order valence-electron chi connectivity index (χ4n) is 0.602. The van der Waals surface area contributed by atoms with Crippen LogP contribution in [-0.2, 0) is 10.6 Å². The molecule has 0 aliphatic carbocycles. The summed E-state index contributed by atoms with van der Waals surface area (Å²) in [6.07, 6.45) is -4.36. The van der Waals surface area contributed by atoms with Crippen LogP contribution in [0.2, 0.25) is 0 Å². The van der Waals surface area contributed by atoms with E-state index in [1.807, 2.05) is 22.6 Å². The second-order valence-corrected chi connectivity index (χ2v) is 2.66. The van der Waals surface area contributed by atoms with Gasteiger partial charge in [-0.1, -0.05) is 22.6 Å². The Balaban J connectivity index is 2.89. The van der Waals surface area contributed by atoms with E-state index in [1.54, 1.807) is 0 Å².